The Morgan fingerprint density at radius 1 is 1.30 bits per heavy atom. The molecule has 1 N–H and O–H groups in total. The fraction of sp³-hybridized carbons (Fsp3) is 0.333. The Kier molecular flexibility index (Phi) is 4.40. The van der Waals surface area contributed by atoms with Gasteiger partial charge in [-0.15, -0.1) is 11.3 Å². The molecule has 3 rings (SSSR count). The van der Waals surface area contributed by atoms with Crippen molar-refractivity contribution in [1.82, 2.24) is 14.1 Å². The largest absolute Gasteiger partial charge is 0.308 e. The third-order valence-corrected chi connectivity index (χ3v) is 4.87. The van der Waals surface area contributed by atoms with Crippen LogP contribution in [0.15, 0.2) is 35.8 Å². The van der Waals surface area contributed by atoms with Crippen LogP contribution in [0.2, 0.25) is 0 Å². The van der Waals surface area contributed by atoms with E-state index in [4.69, 9.17) is 0 Å². The van der Waals surface area contributed by atoms with Crippen LogP contribution >= 0.6 is 23.1 Å². The van der Waals surface area contributed by atoms with Crippen LogP contribution in [0, 0.1) is 0 Å². The van der Waals surface area contributed by atoms with E-state index in [0.717, 1.165) is 25.1 Å². The highest BCUT2D eigenvalue weighted by Crippen LogP contribution is 2.29. The van der Waals surface area contributed by atoms with Gasteiger partial charge in [-0.2, -0.15) is 8.75 Å². The molecule has 0 spiro atoms. The van der Waals surface area contributed by atoms with E-state index >= 15 is 0 Å². The van der Waals surface area contributed by atoms with Gasteiger partial charge in [0.15, 0.2) is 0 Å². The van der Waals surface area contributed by atoms with Gasteiger partial charge in [-0.25, -0.2) is 0 Å². The maximum Gasteiger partial charge on any atom is 0.0915 e. The van der Waals surface area contributed by atoms with Gasteiger partial charge in [-0.3, -0.25) is 0 Å². The Bertz CT molecular complexity index is 661. The molecule has 1 unspecified atom stereocenters. The van der Waals surface area contributed by atoms with Gasteiger partial charge in [0.1, 0.15) is 0 Å². The highest BCUT2D eigenvalue weighted by Gasteiger charge is 2.16. The number of hydrogen-bond donors (Lipinski definition) is 1. The van der Waals surface area contributed by atoms with Crippen LogP contribution in [0.5, 0.6) is 0 Å². The third-order valence-electron chi connectivity index (χ3n) is 3.36. The molecule has 3 nitrogen and oxygen atoms in total. The second kappa shape index (κ2) is 6.43. The van der Waals surface area contributed by atoms with Crippen LogP contribution in [-0.4, -0.2) is 15.3 Å². The molecule has 3 aromatic rings. The summed E-state index contributed by atoms with van der Waals surface area (Å²) in [6, 6.07) is 8.85. The monoisotopic (exact) mass is 303 g/mol. The van der Waals surface area contributed by atoms with E-state index in [0.29, 0.717) is 0 Å². The lowest BCUT2D eigenvalue weighted by Gasteiger charge is -2.15. The molecule has 1 atom stereocenters. The Hall–Kier alpha value is -1.30. The first-order valence-corrected chi connectivity index (χ1v) is 8.45. The molecule has 0 radical (unpaired) electrons. The van der Waals surface area contributed by atoms with Crippen molar-refractivity contribution in [3.05, 3.63) is 47.1 Å². The summed E-state index contributed by atoms with van der Waals surface area (Å²) >= 11 is 3.10. The molecular formula is C15H17N3S2. The van der Waals surface area contributed by atoms with Gasteiger partial charge in [-0.05, 0) is 41.8 Å². The third kappa shape index (κ3) is 2.90. The number of benzene rings is 1. The number of thiophene rings is 1. The summed E-state index contributed by atoms with van der Waals surface area (Å²) in [6.45, 7) is 3.19. The zero-order valence-corrected chi connectivity index (χ0v) is 13.0. The van der Waals surface area contributed by atoms with Crippen molar-refractivity contribution in [1.29, 1.82) is 0 Å². The smallest absolute Gasteiger partial charge is 0.0915 e. The Morgan fingerprint density at radius 2 is 2.20 bits per heavy atom. The van der Waals surface area contributed by atoms with Crippen LogP contribution in [0.25, 0.3) is 10.1 Å². The van der Waals surface area contributed by atoms with Crippen molar-refractivity contribution < 1.29 is 0 Å². The minimum Gasteiger partial charge on any atom is -0.308 e. The van der Waals surface area contributed by atoms with Crippen LogP contribution < -0.4 is 5.32 Å². The maximum atomic E-state index is 4.40. The van der Waals surface area contributed by atoms with Crippen molar-refractivity contribution in [2.24, 2.45) is 0 Å². The molecular weight excluding hydrogens is 286 g/mol. The quantitative estimate of drug-likeness (QED) is 0.747. The lowest BCUT2D eigenvalue weighted by atomic mass is 10.0. The topological polar surface area (TPSA) is 37.8 Å². The average molecular weight is 303 g/mol. The van der Waals surface area contributed by atoms with Gasteiger partial charge >= 0.3 is 0 Å². The van der Waals surface area contributed by atoms with Crippen molar-refractivity contribution in [3.63, 3.8) is 0 Å². The molecule has 0 aliphatic carbocycles. The van der Waals surface area contributed by atoms with Crippen LogP contribution in [-0.2, 0) is 6.42 Å². The predicted molar refractivity (Wildman–Crippen MR) is 86.5 cm³/mol. The van der Waals surface area contributed by atoms with E-state index in [9.17, 15) is 0 Å². The normalized spacial score (nSPS) is 12.8. The van der Waals surface area contributed by atoms with Crippen molar-refractivity contribution in [2.75, 3.05) is 6.54 Å². The number of nitrogens with one attached hydrogen (secondary N) is 1. The predicted octanol–water partition coefficient (Wildman–Crippen LogP) is 4.04. The lowest BCUT2D eigenvalue weighted by Crippen LogP contribution is -2.24. The zero-order valence-electron chi connectivity index (χ0n) is 11.4. The second-order valence-electron chi connectivity index (χ2n) is 4.80. The van der Waals surface area contributed by atoms with E-state index in [1.807, 2.05) is 17.5 Å². The molecule has 0 amide bonds. The van der Waals surface area contributed by atoms with E-state index in [2.05, 4.69) is 50.6 Å². The van der Waals surface area contributed by atoms with Gasteiger partial charge in [0.05, 0.1) is 29.7 Å². The first kappa shape index (κ1) is 13.7. The Labute approximate surface area is 127 Å². The molecule has 2 heterocycles. The molecule has 0 bridgehead atoms. The summed E-state index contributed by atoms with van der Waals surface area (Å²) in [7, 11) is 0. The molecule has 0 aliphatic heterocycles. The van der Waals surface area contributed by atoms with E-state index in [1.54, 1.807) is 0 Å². The molecule has 0 saturated carbocycles. The fourth-order valence-electron chi connectivity index (χ4n) is 2.34. The minimum atomic E-state index is 0.256. The van der Waals surface area contributed by atoms with Crippen LogP contribution in [0.3, 0.4) is 0 Å². The SMILES string of the molecule is CCCNC(Cc1csc2ccccc12)c1cnsn1. The number of aromatic nitrogens is 2. The summed E-state index contributed by atoms with van der Waals surface area (Å²) in [5, 5.41) is 7.22. The average Bonchev–Trinajstić information content (AvgIpc) is 3.13. The van der Waals surface area contributed by atoms with Crippen molar-refractivity contribution in [2.45, 2.75) is 25.8 Å². The van der Waals surface area contributed by atoms with E-state index in [1.165, 1.54) is 27.4 Å². The summed E-state index contributed by atoms with van der Waals surface area (Å²) in [4.78, 5) is 0. The summed E-state index contributed by atoms with van der Waals surface area (Å²) < 4.78 is 9.89. The maximum absolute atomic E-state index is 4.40. The number of fused-ring (bicyclic) bond motifs is 1. The summed E-state index contributed by atoms with van der Waals surface area (Å²) in [5.74, 6) is 0. The Morgan fingerprint density at radius 3 is 3.00 bits per heavy atom. The van der Waals surface area contributed by atoms with Gasteiger partial charge in [0.25, 0.3) is 0 Å². The van der Waals surface area contributed by atoms with E-state index < -0.39 is 0 Å². The van der Waals surface area contributed by atoms with Crippen molar-refractivity contribution in [3.8, 4) is 0 Å². The highest BCUT2D eigenvalue weighted by atomic mass is 32.1. The second-order valence-corrected chi connectivity index (χ2v) is 6.27. The highest BCUT2D eigenvalue weighted by molar-refractivity contribution is 7.17. The van der Waals surface area contributed by atoms with Gasteiger partial charge in [-0.1, -0.05) is 25.1 Å². The van der Waals surface area contributed by atoms with E-state index in [-0.39, 0.29) is 6.04 Å². The zero-order chi connectivity index (χ0) is 13.8. The van der Waals surface area contributed by atoms with Crippen molar-refractivity contribution >= 4 is 33.2 Å². The fourth-order valence-corrected chi connectivity index (χ4v) is 3.78. The molecule has 0 aliphatic rings. The molecule has 2 aromatic heterocycles. The summed E-state index contributed by atoms with van der Waals surface area (Å²) in [5.41, 5.74) is 2.45. The number of hydrogen-bond acceptors (Lipinski definition) is 5. The first-order valence-electron chi connectivity index (χ1n) is 6.84. The van der Waals surface area contributed by atoms with Crippen LogP contribution in [0.4, 0.5) is 0 Å². The minimum absolute atomic E-state index is 0.256. The molecule has 0 saturated heterocycles. The molecule has 5 heteroatoms. The summed E-state index contributed by atoms with van der Waals surface area (Å²) in [6.07, 6.45) is 3.97. The lowest BCUT2D eigenvalue weighted by molar-refractivity contribution is 0.522. The number of rotatable bonds is 6. The molecule has 20 heavy (non-hydrogen) atoms. The van der Waals surface area contributed by atoms with Gasteiger partial charge < -0.3 is 5.32 Å². The van der Waals surface area contributed by atoms with Gasteiger partial charge in [0.2, 0.25) is 0 Å². The first-order chi connectivity index (χ1) is 9.88. The standard InChI is InChI=1S/C15H17N3S2/c1-2-7-16-13(14-9-17-20-18-14)8-11-10-19-15-6-4-3-5-12(11)15/h3-6,9-10,13,16H,2,7-8H2,1H3. The van der Waals surface area contributed by atoms with Gasteiger partial charge in [0, 0.05) is 4.70 Å². The molecule has 104 valence electrons. The molecule has 0 fully saturated rings. The van der Waals surface area contributed by atoms with Crippen LogP contribution in [0.1, 0.15) is 30.6 Å². The molecule has 1 aromatic carbocycles. The Balaban J connectivity index is 1.85. The number of nitrogens with zero attached hydrogens (tertiary/aromatic N) is 2.